The van der Waals surface area contributed by atoms with Crippen LogP contribution in [0.15, 0.2) is 42.5 Å². The van der Waals surface area contributed by atoms with E-state index in [2.05, 4.69) is 0 Å². The quantitative estimate of drug-likeness (QED) is 0.838. The average molecular weight is 250 g/mol. The molecule has 2 aromatic rings. The van der Waals surface area contributed by atoms with Crippen molar-refractivity contribution >= 4 is 5.97 Å². The maximum absolute atomic E-state index is 11.2. The third-order valence-electron chi connectivity index (χ3n) is 3.04. The van der Waals surface area contributed by atoms with Gasteiger partial charge in [-0.1, -0.05) is 37.3 Å². The first-order valence-corrected chi connectivity index (χ1v) is 6.00. The number of aromatic carboxylic acids is 1. The molecule has 0 radical (unpaired) electrons. The lowest BCUT2D eigenvalue weighted by atomic mass is 9.96. The number of carboxylic acid groups (broad SMARTS) is 1. The van der Waals surface area contributed by atoms with Gasteiger partial charge in [0.15, 0.2) is 0 Å². The molecular weight excluding hydrogens is 238 g/mol. The van der Waals surface area contributed by atoms with E-state index in [1.54, 1.807) is 36.4 Å². The van der Waals surface area contributed by atoms with Gasteiger partial charge in [0.25, 0.3) is 0 Å². The van der Waals surface area contributed by atoms with Crippen molar-refractivity contribution in [1.82, 2.24) is 0 Å². The Kier molecular flexibility index (Phi) is 3.63. The summed E-state index contributed by atoms with van der Waals surface area (Å²) in [4.78, 5) is 11.2. The molecule has 19 heavy (non-hydrogen) atoms. The van der Waals surface area contributed by atoms with Crippen LogP contribution in [-0.4, -0.2) is 5.97 Å². The molecule has 0 aromatic heterocycles. The van der Waals surface area contributed by atoms with Crippen LogP contribution >= 0.6 is 0 Å². The third kappa shape index (κ3) is 2.63. The van der Waals surface area contributed by atoms with Gasteiger partial charge >= 0.3 is 0 Å². The van der Waals surface area contributed by atoms with Crippen LogP contribution in [0.1, 0.15) is 28.4 Å². The van der Waals surface area contributed by atoms with Gasteiger partial charge in [0.05, 0.1) is 17.6 Å². The van der Waals surface area contributed by atoms with Crippen molar-refractivity contribution in [2.45, 2.75) is 13.3 Å². The van der Waals surface area contributed by atoms with Crippen molar-refractivity contribution in [1.29, 1.82) is 5.26 Å². The summed E-state index contributed by atoms with van der Waals surface area (Å²) in [6, 6.07) is 14.1. The molecule has 2 aromatic carbocycles. The second kappa shape index (κ2) is 5.36. The Balaban J connectivity index is 2.58. The van der Waals surface area contributed by atoms with Crippen molar-refractivity contribution < 1.29 is 9.90 Å². The van der Waals surface area contributed by atoms with E-state index in [1.807, 2.05) is 19.1 Å². The summed E-state index contributed by atoms with van der Waals surface area (Å²) in [7, 11) is 0. The fraction of sp³-hybridized carbons (Fsp3) is 0.125. The molecule has 0 bridgehead atoms. The standard InChI is InChI=1S/C16H13NO2/c1-2-11-5-8-14(16(18)19)15(9-11)13-6-3-12(10-17)4-7-13/h3-9H,2H2,1H3,(H,18,19)/p-1. The number of nitriles is 1. The van der Waals surface area contributed by atoms with Crippen LogP contribution in [0.25, 0.3) is 11.1 Å². The van der Waals surface area contributed by atoms with Crippen molar-refractivity contribution in [2.75, 3.05) is 0 Å². The number of hydrogen-bond acceptors (Lipinski definition) is 3. The van der Waals surface area contributed by atoms with Crippen LogP contribution in [0.2, 0.25) is 0 Å². The molecule has 0 aliphatic rings. The van der Waals surface area contributed by atoms with Gasteiger partial charge in [0.2, 0.25) is 0 Å². The van der Waals surface area contributed by atoms with Crippen LogP contribution < -0.4 is 5.11 Å². The molecule has 0 aliphatic carbocycles. The van der Waals surface area contributed by atoms with E-state index in [0.29, 0.717) is 11.1 Å². The molecule has 0 aliphatic heterocycles. The number of carbonyl (C=O) groups is 1. The molecule has 3 heteroatoms. The average Bonchev–Trinajstić information content (AvgIpc) is 2.46. The SMILES string of the molecule is CCc1ccc(C(=O)[O-])c(-c2ccc(C#N)cc2)c1. The topological polar surface area (TPSA) is 63.9 Å². The summed E-state index contributed by atoms with van der Waals surface area (Å²) < 4.78 is 0. The summed E-state index contributed by atoms with van der Waals surface area (Å²) in [5.41, 5.74) is 3.18. The summed E-state index contributed by atoms with van der Waals surface area (Å²) in [5, 5.41) is 19.9. The van der Waals surface area contributed by atoms with E-state index in [0.717, 1.165) is 17.5 Å². The maximum Gasteiger partial charge on any atom is 0.0991 e. The zero-order valence-electron chi connectivity index (χ0n) is 10.5. The maximum atomic E-state index is 11.2. The Bertz CT molecular complexity index is 651. The van der Waals surface area contributed by atoms with E-state index in [-0.39, 0.29) is 5.56 Å². The van der Waals surface area contributed by atoms with Crippen LogP contribution in [-0.2, 0) is 6.42 Å². The fourth-order valence-corrected chi connectivity index (χ4v) is 1.95. The lowest BCUT2D eigenvalue weighted by Gasteiger charge is -2.12. The van der Waals surface area contributed by atoms with Crippen LogP contribution in [0.5, 0.6) is 0 Å². The van der Waals surface area contributed by atoms with E-state index in [1.165, 1.54) is 0 Å². The van der Waals surface area contributed by atoms with Gasteiger partial charge in [-0.3, -0.25) is 0 Å². The summed E-state index contributed by atoms with van der Waals surface area (Å²) in [5.74, 6) is -1.19. The largest absolute Gasteiger partial charge is 0.545 e. The van der Waals surface area contributed by atoms with Crippen LogP contribution in [0.4, 0.5) is 0 Å². The highest BCUT2D eigenvalue weighted by Gasteiger charge is 2.07. The molecule has 0 fully saturated rings. The van der Waals surface area contributed by atoms with Crippen molar-refractivity contribution in [3.8, 4) is 17.2 Å². The minimum absolute atomic E-state index is 0.168. The lowest BCUT2D eigenvalue weighted by Crippen LogP contribution is -2.23. The Morgan fingerprint density at radius 2 is 1.89 bits per heavy atom. The van der Waals surface area contributed by atoms with E-state index < -0.39 is 5.97 Å². The fourth-order valence-electron chi connectivity index (χ4n) is 1.95. The van der Waals surface area contributed by atoms with E-state index in [9.17, 15) is 9.90 Å². The Labute approximate surface area is 111 Å². The highest BCUT2D eigenvalue weighted by atomic mass is 16.4. The van der Waals surface area contributed by atoms with E-state index >= 15 is 0 Å². The van der Waals surface area contributed by atoms with Gasteiger partial charge in [-0.2, -0.15) is 5.26 Å². The molecule has 0 saturated carbocycles. The van der Waals surface area contributed by atoms with Crippen molar-refractivity contribution in [2.24, 2.45) is 0 Å². The highest BCUT2D eigenvalue weighted by molar-refractivity contribution is 5.95. The first kappa shape index (κ1) is 12.8. The minimum atomic E-state index is -1.19. The molecule has 0 atom stereocenters. The second-order valence-corrected chi connectivity index (χ2v) is 4.21. The molecule has 0 N–H and O–H groups in total. The number of carboxylic acids is 1. The number of rotatable bonds is 3. The predicted octanol–water partition coefficient (Wildman–Crippen LogP) is 2.15. The van der Waals surface area contributed by atoms with Gasteiger partial charge in [-0.15, -0.1) is 0 Å². The van der Waals surface area contributed by atoms with Crippen molar-refractivity contribution in [3.05, 3.63) is 59.2 Å². The monoisotopic (exact) mass is 250 g/mol. The van der Waals surface area contributed by atoms with Gasteiger partial charge in [0, 0.05) is 5.56 Å². The lowest BCUT2D eigenvalue weighted by molar-refractivity contribution is -0.254. The van der Waals surface area contributed by atoms with Crippen LogP contribution in [0, 0.1) is 11.3 Å². The summed E-state index contributed by atoms with van der Waals surface area (Å²) >= 11 is 0. The number of benzene rings is 2. The first-order valence-electron chi connectivity index (χ1n) is 6.00. The molecule has 3 nitrogen and oxygen atoms in total. The molecular formula is C16H12NO2-. The van der Waals surface area contributed by atoms with Crippen LogP contribution in [0.3, 0.4) is 0 Å². The molecule has 0 saturated heterocycles. The number of carbonyl (C=O) groups excluding carboxylic acids is 1. The Morgan fingerprint density at radius 3 is 2.42 bits per heavy atom. The van der Waals surface area contributed by atoms with E-state index in [4.69, 9.17) is 5.26 Å². The smallest absolute Gasteiger partial charge is 0.0991 e. The normalized spacial score (nSPS) is 9.89. The molecule has 0 spiro atoms. The summed E-state index contributed by atoms with van der Waals surface area (Å²) in [6.45, 7) is 2.01. The molecule has 0 amide bonds. The predicted molar refractivity (Wildman–Crippen MR) is 70.3 cm³/mol. The second-order valence-electron chi connectivity index (χ2n) is 4.21. The number of hydrogen-bond donors (Lipinski definition) is 0. The number of nitrogens with zero attached hydrogens (tertiary/aromatic N) is 1. The minimum Gasteiger partial charge on any atom is -0.545 e. The zero-order chi connectivity index (χ0) is 13.8. The Hall–Kier alpha value is -2.60. The third-order valence-corrected chi connectivity index (χ3v) is 3.04. The van der Waals surface area contributed by atoms with Gasteiger partial charge in [-0.05, 0) is 35.2 Å². The number of aryl methyl sites for hydroxylation is 1. The van der Waals surface area contributed by atoms with Gasteiger partial charge in [-0.25, -0.2) is 0 Å². The van der Waals surface area contributed by atoms with Gasteiger partial charge < -0.3 is 9.90 Å². The van der Waals surface area contributed by atoms with Gasteiger partial charge in [0.1, 0.15) is 0 Å². The highest BCUT2D eigenvalue weighted by Crippen LogP contribution is 2.25. The summed E-state index contributed by atoms with van der Waals surface area (Å²) in [6.07, 6.45) is 0.830. The molecule has 0 unspecified atom stereocenters. The zero-order valence-corrected chi connectivity index (χ0v) is 10.5. The molecule has 0 heterocycles. The first-order chi connectivity index (χ1) is 9.15. The Morgan fingerprint density at radius 1 is 1.21 bits per heavy atom. The molecule has 2 rings (SSSR count). The van der Waals surface area contributed by atoms with Crippen molar-refractivity contribution in [3.63, 3.8) is 0 Å². The molecule has 94 valence electrons.